The van der Waals surface area contributed by atoms with E-state index in [0.717, 1.165) is 11.0 Å². The number of nitrogens with zero attached hydrogens (tertiary/aromatic N) is 4. The van der Waals surface area contributed by atoms with Gasteiger partial charge in [0, 0.05) is 6.20 Å². The number of H-pyrrole nitrogens is 2. The summed E-state index contributed by atoms with van der Waals surface area (Å²) in [6.45, 7) is 0. The number of aromatic amines is 2. The maximum Gasteiger partial charge on any atom is 0.221 e. The fraction of sp³-hybridized carbons (Fsp3) is 0.0667. The van der Waals surface area contributed by atoms with Crippen molar-refractivity contribution in [1.29, 1.82) is 0 Å². The van der Waals surface area contributed by atoms with E-state index >= 15 is 0 Å². The highest BCUT2D eigenvalue weighted by Gasteiger charge is 2.14. The van der Waals surface area contributed by atoms with Crippen LogP contribution in [0.2, 0.25) is 0 Å². The van der Waals surface area contributed by atoms with E-state index in [1.807, 2.05) is 18.2 Å². The minimum absolute atomic E-state index is 0.193. The van der Waals surface area contributed by atoms with Gasteiger partial charge in [-0.1, -0.05) is 6.07 Å². The fourth-order valence-electron chi connectivity index (χ4n) is 2.43. The van der Waals surface area contributed by atoms with E-state index < -0.39 is 0 Å². The van der Waals surface area contributed by atoms with Crippen LogP contribution in [0.25, 0.3) is 22.6 Å². The van der Waals surface area contributed by atoms with Crippen molar-refractivity contribution < 1.29 is 4.74 Å². The molecule has 120 valence electrons. The van der Waals surface area contributed by atoms with Gasteiger partial charge in [-0.2, -0.15) is 10.1 Å². The molecule has 0 aliphatic carbocycles. The molecule has 4 rings (SSSR count). The van der Waals surface area contributed by atoms with Gasteiger partial charge in [-0.05, 0) is 18.2 Å². The van der Waals surface area contributed by atoms with Crippen molar-refractivity contribution in [2.75, 3.05) is 18.2 Å². The van der Waals surface area contributed by atoms with Gasteiger partial charge >= 0.3 is 0 Å². The molecule has 0 saturated heterocycles. The molecule has 0 amide bonds. The number of para-hydroxylation sites is 1. The van der Waals surface area contributed by atoms with Gasteiger partial charge in [0.1, 0.15) is 22.8 Å². The van der Waals surface area contributed by atoms with Crippen LogP contribution in [-0.4, -0.2) is 37.2 Å². The molecule has 0 bridgehead atoms. The van der Waals surface area contributed by atoms with Crippen LogP contribution in [0.3, 0.4) is 0 Å². The Morgan fingerprint density at radius 2 is 2.12 bits per heavy atom. The highest BCUT2D eigenvalue weighted by atomic mass is 16.5. The molecule has 0 radical (unpaired) electrons. The number of ether oxygens (including phenoxy) is 1. The third-order valence-electron chi connectivity index (χ3n) is 3.51. The number of rotatable bonds is 4. The molecular formula is C15H14N8O. The predicted octanol–water partition coefficient (Wildman–Crippen LogP) is 2.08. The third-order valence-corrected chi connectivity index (χ3v) is 3.51. The number of aromatic nitrogens is 6. The van der Waals surface area contributed by atoms with E-state index in [0.29, 0.717) is 28.8 Å². The molecule has 9 heteroatoms. The number of nitrogens with one attached hydrogen (secondary N) is 3. The first kappa shape index (κ1) is 14.0. The summed E-state index contributed by atoms with van der Waals surface area (Å²) in [5.74, 6) is 2.10. The summed E-state index contributed by atoms with van der Waals surface area (Å²) >= 11 is 0. The van der Waals surface area contributed by atoms with Crippen LogP contribution < -0.4 is 15.8 Å². The van der Waals surface area contributed by atoms with Gasteiger partial charge in [0.2, 0.25) is 5.95 Å². The number of hydrogen-bond acceptors (Lipinski definition) is 7. The lowest BCUT2D eigenvalue weighted by Gasteiger charge is -2.04. The zero-order chi connectivity index (χ0) is 16.5. The van der Waals surface area contributed by atoms with Crippen molar-refractivity contribution in [3.8, 4) is 17.3 Å². The second kappa shape index (κ2) is 5.54. The Kier molecular flexibility index (Phi) is 3.23. The Morgan fingerprint density at radius 1 is 1.21 bits per heavy atom. The summed E-state index contributed by atoms with van der Waals surface area (Å²) < 4.78 is 5.34. The topological polar surface area (TPSA) is 130 Å². The fourth-order valence-corrected chi connectivity index (χ4v) is 2.43. The van der Waals surface area contributed by atoms with Crippen LogP contribution in [-0.2, 0) is 0 Å². The van der Waals surface area contributed by atoms with Gasteiger partial charge in [-0.15, -0.1) is 0 Å². The molecule has 9 nitrogen and oxygen atoms in total. The molecule has 0 spiro atoms. The van der Waals surface area contributed by atoms with E-state index in [1.54, 1.807) is 25.6 Å². The van der Waals surface area contributed by atoms with Gasteiger partial charge in [0.25, 0.3) is 0 Å². The molecule has 0 fully saturated rings. The highest BCUT2D eigenvalue weighted by Crippen LogP contribution is 2.30. The minimum Gasteiger partial charge on any atom is -0.494 e. The monoisotopic (exact) mass is 322 g/mol. The molecule has 0 atom stereocenters. The molecule has 3 heterocycles. The van der Waals surface area contributed by atoms with Crippen molar-refractivity contribution in [2.24, 2.45) is 0 Å². The number of methoxy groups -OCH3 is 1. The second-order valence-electron chi connectivity index (χ2n) is 5.03. The average molecular weight is 322 g/mol. The molecule has 0 saturated carbocycles. The van der Waals surface area contributed by atoms with E-state index in [4.69, 9.17) is 10.5 Å². The Hall–Kier alpha value is -3.62. The van der Waals surface area contributed by atoms with E-state index in [1.165, 1.54) is 0 Å². The summed E-state index contributed by atoms with van der Waals surface area (Å²) in [7, 11) is 1.62. The van der Waals surface area contributed by atoms with E-state index in [-0.39, 0.29) is 5.95 Å². The molecular weight excluding hydrogens is 308 g/mol. The second-order valence-corrected chi connectivity index (χ2v) is 5.03. The standard InChI is InChI=1S/C15H14N8O/c1-24-10-4-2-3-8-12(10)22-14(20-8)13-9(7-18-23-13)19-11-5-6-17-15(16)21-11/h2-7H,1H3,(H,18,23)(H,20,22)(H3,16,17,19,21). The number of benzene rings is 1. The molecule has 3 aromatic heterocycles. The summed E-state index contributed by atoms with van der Waals surface area (Å²) in [6, 6.07) is 7.42. The number of nitrogens with two attached hydrogens (primary N) is 1. The SMILES string of the molecule is COc1cccc2[nH]c(-c3[nH]ncc3Nc3ccnc(N)n3)nc12. The van der Waals surface area contributed by atoms with Crippen molar-refractivity contribution in [3.05, 3.63) is 36.7 Å². The Morgan fingerprint density at radius 3 is 2.96 bits per heavy atom. The molecule has 0 aliphatic rings. The lowest BCUT2D eigenvalue weighted by atomic mass is 10.3. The molecule has 5 N–H and O–H groups in total. The lowest BCUT2D eigenvalue weighted by Crippen LogP contribution is -1.99. The zero-order valence-electron chi connectivity index (χ0n) is 12.7. The number of imidazole rings is 1. The number of anilines is 3. The third kappa shape index (κ3) is 2.37. The number of nitrogen functional groups attached to an aromatic ring is 1. The van der Waals surface area contributed by atoms with Crippen LogP contribution in [0.5, 0.6) is 5.75 Å². The molecule has 1 aromatic carbocycles. The zero-order valence-corrected chi connectivity index (χ0v) is 12.7. The van der Waals surface area contributed by atoms with Crippen LogP contribution in [0.15, 0.2) is 36.7 Å². The maximum absolute atomic E-state index is 5.60. The van der Waals surface area contributed by atoms with E-state index in [2.05, 4.69) is 35.5 Å². The minimum atomic E-state index is 0.193. The first-order valence-corrected chi connectivity index (χ1v) is 7.16. The van der Waals surface area contributed by atoms with Crippen molar-refractivity contribution in [1.82, 2.24) is 30.1 Å². The first-order valence-electron chi connectivity index (χ1n) is 7.16. The Bertz CT molecular complexity index is 1010. The number of fused-ring (bicyclic) bond motifs is 1. The maximum atomic E-state index is 5.60. The Balaban J connectivity index is 1.74. The quantitative estimate of drug-likeness (QED) is 0.452. The van der Waals surface area contributed by atoms with Gasteiger partial charge in [0.05, 0.1) is 24.5 Å². The van der Waals surface area contributed by atoms with Crippen molar-refractivity contribution in [2.45, 2.75) is 0 Å². The summed E-state index contributed by atoms with van der Waals surface area (Å²) in [5.41, 5.74) is 8.64. The van der Waals surface area contributed by atoms with Crippen LogP contribution in [0.1, 0.15) is 0 Å². The van der Waals surface area contributed by atoms with Crippen molar-refractivity contribution >= 4 is 28.5 Å². The van der Waals surface area contributed by atoms with E-state index in [9.17, 15) is 0 Å². The smallest absolute Gasteiger partial charge is 0.221 e. The lowest BCUT2D eigenvalue weighted by molar-refractivity contribution is 0.419. The van der Waals surface area contributed by atoms with Crippen LogP contribution in [0, 0.1) is 0 Å². The number of hydrogen-bond donors (Lipinski definition) is 4. The molecule has 24 heavy (non-hydrogen) atoms. The van der Waals surface area contributed by atoms with Crippen molar-refractivity contribution in [3.63, 3.8) is 0 Å². The molecule has 0 aliphatic heterocycles. The van der Waals surface area contributed by atoms with Crippen LogP contribution >= 0.6 is 0 Å². The van der Waals surface area contributed by atoms with Gasteiger partial charge in [0.15, 0.2) is 5.82 Å². The largest absolute Gasteiger partial charge is 0.494 e. The summed E-state index contributed by atoms with van der Waals surface area (Å²) in [5, 5.41) is 10.2. The molecule has 4 aromatic rings. The first-order chi connectivity index (χ1) is 11.7. The predicted molar refractivity (Wildman–Crippen MR) is 90.0 cm³/mol. The normalized spacial score (nSPS) is 10.9. The summed E-state index contributed by atoms with van der Waals surface area (Å²) in [4.78, 5) is 15.8. The van der Waals surface area contributed by atoms with Gasteiger partial charge in [-0.25, -0.2) is 9.97 Å². The highest BCUT2D eigenvalue weighted by molar-refractivity contribution is 5.86. The van der Waals surface area contributed by atoms with Gasteiger partial charge < -0.3 is 20.8 Å². The van der Waals surface area contributed by atoms with Gasteiger partial charge in [-0.3, -0.25) is 5.10 Å². The Labute approximate surface area is 136 Å². The average Bonchev–Trinajstić information content (AvgIpc) is 3.20. The molecule has 0 unspecified atom stereocenters. The van der Waals surface area contributed by atoms with Crippen LogP contribution in [0.4, 0.5) is 17.5 Å². The summed E-state index contributed by atoms with van der Waals surface area (Å²) in [6.07, 6.45) is 3.23.